The summed E-state index contributed by atoms with van der Waals surface area (Å²) in [5.74, 6) is -0.297. The lowest BCUT2D eigenvalue weighted by atomic mass is 10.2. The van der Waals surface area contributed by atoms with Gasteiger partial charge in [0.2, 0.25) is 5.82 Å². The Hall–Kier alpha value is -1.29. The van der Waals surface area contributed by atoms with Crippen molar-refractivity contribution in [2.45, 2.75) is 46.5 Å². The number of aliphatic hydroxyl groups is 1. The first-order valence-electron chi connectivity index (χ1n) is 5.70. The van der Waals surface area contributed by atoms with Gasteiger partial charge in [0.25, 0.3) is 0 Å². The van der Waals surface area contributed by atoms with Crippen LogP contribution in [0.3, 0.4) is 0 Å². The van der Waals surface area contributed by atoms with E-state index >= 15 is 0 Å². The fourth-order valence-electron chi connectivity index (χ4n) is 1.40. The number of benzene rings is 1. The van der Waals surface area contributed by atoms with Crippen LogP contribution in [-0.2, 0) is 6.61 Å². The van der Waals surface area contributed by atoms with Crippen LogP contribution in [0.1, 0.15) is 33.3 Å². The van der Waals surface area contributed by atoms with Crippen LogP contribution >= 0.6 is 0 Å². The van der Waals surface area contributed by atoms with Gasteiger partial charge in [-0.2, -0.15) is 4.39 Å². The zero-order chi connectivity index (χ0) is 13.0. The van der Waals surface area contributed by atoms with Crippen molar-refractivity contribution >= 4 is 0 Å². The minimum atomic E-state index is -0.524. The summed E-state index contributed by atoms with van der Waals surface area (Å²) in [5.41, 5.74) is 0.567. The van der Waals surface area contributed by atoms with E-state index in [4.69, 9.17) is 14.6 Å². The number of aliphatic hydroxyl groups excluding tert-OH is 1. The number of halogens is 1. The van der Waals surface area contributed by atoms with E-state index < -0.39 is 5.82 Å². The normalized spacial score (nSPS) is 11.1. The summed E-state index contributed by atoms with van der Waals surface area (Å²) in [6.07, 6.45) is -0.268. The highest BCUT2D eigenvalue weighted by Gasteiger charge is 2.15. The van der Waals surface area contributed by atoms with Crippen LogP contribution in [0, 0.1) is 5.82 Å². The molecule has 0 heterocycles. The van der Waals surface area contributed by atoms with Crippen LogP contribution in [0.2, 0.25) is 0 Å². The Morgan fingerprint density at radius 2 is 1.47 bits per heavy atom. The summed E-state index contributed by atoms with van der Waals surface area (Å²) in [5, 5.41) is 9.11. The third-order valence-corrected chi connectivity index (χ3v) is 1.97. The molecule has 1 aromatic carbocycles. The minimum absolute atomic E-state index is 0.113. The van der Waals surface area contributed by atoms with Crippen molar-refractivity contribution in [2.75, 3.05) is 0 Å². The molecule has 17 heavy (non-hydrogen) atoms. The molecule has 0 aliphatic heterocycles. The lowest BCUT2D eigenvalue weighted by molar-refractivity contribution is 0.206. The van der Waals surface area contributed by atoms with Crippen molar-refractivity contribution in [3.8, 4) is 11.5 Å². The Bertz CT molecular complexity index is 344. The number of hydrogen-bond acceptors (Lipinski definition) is 3. The third-order valence-electron chi connectivity index (χ3n) is 1.97. The minimum Gasteiger partial charge on any atom is -0.488 e. The highest BCUT2D eigenvalue weighted by atomic mass is 19.1. The summed E-state index contributed by atoms with van der Waals surface area (Å²) >= 11 is 0. The van der Waals surface area contributed by atoms with Gasteiger partial charge in [-0.25, -0.2) is 0 Å². The van der Waals surface area contributed by atoms with Gasteiger partial charge in [0.1, 0.15) is 0 Å². The van der Waals surface area contributed by atoms with Crippen LogP contribution in [0.4, 0.5) is 4.39 Å². The van der Waals surface area contributed by atoms with Gasteiger partial charge in [0.05, 0.1) is 18.8 Å². The van der Waals surface area contributed by atoms with Crippen LogP contribution in [-0.4, -0.2) is 17.3 Å². The van der Waals surface area contributed by atoms with Gasteiger partial charge < -0.3 is 14.6 Å². The van der Waals surface area contributed by atoms with E-state index in [0.717, 1.165) is 0 Å². The van der Waals surface area contributed by atoms with E-state index in [9.17, 15) is 4.39 Å². The first-order chi connectivity index (χ1) is 7.93. The molecule has 1 rings (SSSR count). The smallest absolute Gasteiger partial charge is 0.206 e. The second-order valence-corrected chi connectivity index (χ2v) is 4.40. The fraction of sp³-hybridized carbons (Fsp3) is 0.538. The van der Waals surface area contributed by atoms with E-state index in [2.05, 4.69) is 0 Å². The molecule has 0 aromatic heterocycles. The second-order valence-electron chi connectivity index (χ2n) is 4.40. The molecule has 3 nitrogen and oxygen atoms in total. The zero-order valence-electron chi connectivity index (χ0n) is 10.7. The van der Waals surface area contributed by atoms with Gasteiger partial charge in [0.15, 0.2) is 11.5 Å². The molecule has 0 atom stereocenters. The van der Waals surface area contributed by atoms with Gasteiger partial charge in [-0.15, -0.1) is 0 Å². The summed E-state index contributed by atoms with van der Waals surface area (Å²) in [4.78, 5) is 0. The maximum absolute atomic E-state index is 14.0. The van der Waals surface area contributed by atoms with Crippen molar-refractivity contribution in [2.24, 2.45) is 0 Å². The lowest BCUT2D eigenvalue weighted by Gasteiger charge is -2.16. The lowest BCUT2D eigenvalue weighted by Crippen LogP contribution is -2.11. The predicted octanol–water partition coefficient (Wildman–Crippen LogP) is 2.89. The molecular weight excluding hydrogens is 223 g/mol. The first kappa shape index (κ1) is 13.8. The molecule has 4 heteroatoms. The largest absolute Gasteiger partial charge is 0.488 e. The maximum atomic E-state index is 14.0. The molecule has 1 aromatic rings. The molecule has 0 bridgehead atoms. The number of hydrogen-bond donors (Lipinski definition) is 1. The van der Waals surface area contributed by atoms with E-state index in [-0.39, 0.29) is 30.3 Å². The molecule has 0 fully saturated rings. The molecule has 0 spiro atoms. The molecular formula is C13H19FO3. The fourth-order valence-corrected chi connectivity index (χ4v) is 1.40. The van der Waals surface area contributed by atoms with Crippen molar-refractivity contribution in [3.63, 3.8) is 0 Å². The van der Waals surface area contributed by atoms with Crippen molar-refractivity contribution < 1.29 is 19.0 Å². The molecule has 96 valence electrons. The molecule has 0 radical (unpaired) electrons. The number of ether oxygens (including phenoxy) is 2. The van der Waals surface area contributed by atoms with Gasteiger partial charge in [-0.1, -0.05) is 0 Å². The second kappa shape index (κ2) is 5.87. The van der Waals surface area contributed by atoms with Crippen LogP contribution < -0.4 is 9.47 Å². The third kappa shape index (κ3) is 3.89. The Labute approximate surface area is 101 Å². The topological polar surface area (TPSA) is 38.7 Å². The highest BCUT2D eigenvalue weighted by molar-refractivity contribution is 5.40. The standard InChI is InChI=1S/C13H19FO3/c1-8(2)16-11-5-10(7-15)6-12(13(11)14)17-9(3)4/h5-6,8-9,15H,7H2,1-4H3. The Morgan fingerprint density at radius 3 is 1.76 bits per heavy atom. The summed E-state index contributed by atoms with van der Waals surface area (Å²) in [6.45, 7) is 7.08. The van der Waals surface area contributed by atoms with E-state index in [1.807, 2.05) is 27.7 Å². The average Bonchev–Trinajstić information content (AvgIpc) is 2.22. The van der Waals surface area contributed by atoms with Crippen molar-refractivity contribution in [1.82, 2.24) is 0 Å². The van der Waals surface area contributed by atoms with Gasteiger partial charge in [0, 0.05) is 0 Å². The molecule has 0 saturated carbocycles. The van der Waals surface area contributed by atoms with Crippen LogP contribution in [0.25, 0.3) is 0 Å². The predicted molar refractivity (Wildman–Crippen MR) is 63.9 cm³/mol. The average molecular weight is 242 g/mol. The molecule has 1 N–H and O–H groups in total. The zero-order valence-corrected chi connectivity index (χ0v) is 10.7. The van der Waals surface area contributed by atoms with Gasteiger partial charge >= 0.3 is 0 Å². The van der Waals surface area contributed by atoms with E-state index in [1.165, 1.54) is 12.1 Å². The quantitative estimate of drug-likeness (QED) is 0.862. The molecule has 0 aliphatic rings. The maximum Gasteiger partial charge on any atom is 0.206 e. The van der Waals surface area contributed by atoms with Crippen molar-refractivity contribution in [1.29, 1.82) is 0 Å². The molecule has 0 aliphatic carbocycles. The van der Waals surface area contributed by atoms with Crippen molar-refractivity contribution in [3.05, 3.63) is 23.5 Å². The Balaban J connectivity index is 3.11. The Morgan fingerprint density at radius 1 is 1.06 bits per heavy atom. The van der Waals surface area contributed by atoms with Gasteiger partial charge in [-0.05, 0) is 45.4 Å². The summed E-state index contributed by atoms with van der Waals surface area (Å²) < 4.78 is 24.7. The van der Waals surface area contributed by atoms with E-state index in [1.54, 1.807) is 0 Å². The molecule has 0 amide bonds. The van der Waals surface area contributed by atoms with Crippen LogP contribution in [0.5, 0.6) is 11.5 Å². The number of rotatable bonds is 5. The van der Waals surface area contributed by atoms with Gasteiger partial charge in [-0.3, -0.25) is 0 Å². The monoisotopic (exact) mass is 242 g/mol. The van der Waals surface area contributed by atoms with Crippen LogP contribution in [0.15, 0.2) is 12.1 Å². The Kier molecular flexibility index (Phi) is 4.75. The highest BCUT2D eigenvalue weighted by Crippen LogP contribution is 2.30. The SMILES string of the molecule is CC(C)Oc1cc(CO)cc(OC(C)C)c1F. The summed E-state index contributed by atoms with van der Waals surface area (Å²) in [6, 6.07) is 2.98. The first-order valence-corrected chi connectivity index (χ1v) is 5.70. The molecule has 0 saturated heterocycles. The molecule has 0 unspecified atom stereocenters. The summed E-state index contributed by atoms with van der Waals surface area (Å²) in [7, 11) is 0. The van der Waals surface area contributed by atoms with E-state index in [0.29, 0.717) is 5.56 Å².